The molecule has 1 amide bonds. The van der Waals surface area contributed by atoms with Crippen LogP contribution in [0.25, 0.3) is 0 Å². The van der Waals surface area contributed by atoms with Gasteiger partial charge in [0.05, 0.1) is 6.10 Å². The third-order valence-electron chi connectivity index (χ3n) is 3.10. The summed E-state index contributed by atoms with van der Waals surface area (Å²) < 4.78 is 18.7. The number of halogens is 1. The van der Waals surface area contributed by atoms with Crippen LogP contribution in [0.3, 0.4) is 0 Å². The van der Waals surface area contributed by atoms with Crippen LogP contribution < -0.4 is 10.1 Å². The monoisotopic (exact) mass is 283 g/mol. The van der Waals surface area contributed by atoms with Crippen LogP contribution in [0.5, 0.6) is 5.75 Å². The van der Waals surface area contributed by atoms with E-state index in [4.69, 9.17) is 4.74 Å². The molecule has 3 atom stereocenters. The minimum Gasteiger partial charge on any atom is -0.481 e. The summed E-state index contributed by atoms with van der Waals surface area (Å²) in [7, 11) is 0. The molecule has 0 saturated carbocycles. The van der Waals surface area contributed by atoms with Gasteiger partial charge in [-0.1, -0.05) is 6.92 Å². The summed E-state index contributed by atoms with van der Waals surface area (Å²) in [5.41, 5.74) is 0.327. The number of benzene rings is 1. The molecule has 1 rings (SSSR count). The summed E-state index contributed by atoms with van der Waals surface area (Å²) in [4.78, 5) is 11.9. The van der Waals surface area contributed by atoms with Gasteiger partial charge in [0.15, 0.2) is 6.10 Å². The zero-order chi connectivity index (χ0) is 15.3. The summed E-state index contributed by atoms with van der Waals surface area (Å²) in [5, 5.41) is 12.4. The van der Waals surface area contributed by atoms with Crippen LogP contribution in [-0.4, -0.2) is 23.2 Å². The van der Waals surface area contributed by atoms with Gasteiger partial charge in [0, 0.05) is 11.6 Å². The van der Waals surface area contributed by atoms with Crippen LogP contribution in [0.1, 0.15) is 45.8 Å². The Labute approximate surface area is 119 Å². The maximum atomic E-state index is 13.2. The number of rotatable bonds is 6. The van der Waals surface area contributed by atoms with Crippen LogP contribution in [0, 0.1) is 5.82 Å². The van der Waals surface area contributed by atoms with Crippen molar-refractivity contribution in [3.05, 3.63) is 29.6 Å². The van der Waals surface area contributed by atoms with Gasteiger partial charge in [0.1, 0.15) is 11.6 Å². The Morgan fingerprint density at radius 2 is 2.05 bits per heavy atom. The van der Waals surface area contributed by atoms with Crippen LogP contribution in [0.15, 0.2) is 18.2 Å². The van der Waals surface area contributed by atoms with E-state index in [1.807, 2.05) is 13.8 Å². The van der Waals surface area contributed by atoms with Crippen molar-refractivity contribution in [1.29, 1.82) is 0 Å². The molecule has 0 spiro atoms. The Bertz CT molecular complexity index is 462. The second-order valence-electron chi connectivity index (χ2n) is 4.94. The third kappa shape index (κ3) is 4.49. The lowest BCUT2D eigenvalue weighted by Gasteiger charge is -2.20. The molecule has 0 aliphatic heterocycles. The van der Waals surface area contributed by atoms with E-state index in [-0.39, 0.29) is 11.9 Å². The molecule has 0 fully saturated rings. The molecular weight excluding hydrogens is 261 g/mol. The number of aliphatic hydroxyl groups excluding tert-OH is 1. The zero-order valence-electron chi connectivity index (χ0n) is 12.3. The molecule has 0 heterocycles. The molecule has 2 unspecified atom stereocenters. The standard InChI is InChI=1S/C15H22FNO3/c1-5-9(2)17-15(19)11(4)20-14-7-6-12(16)8-13(14)10(3)18/h6-11,18H,5H2,1-4H3,(H,17,19)/t9?,10-,11?/m0/s1. The summed E-state index contributed by atoms with van der Waals surface area (Å²) >= 11 is 0. The Morgan fingerprint density at radius 1 is 1.40 bits per heavy atom. The number of aliphatic hydroxyl groups is 1. The van der Waals surface area contributed by atoms with Gasteiger partial charge in [-0.25, -0.2) is 4.39 Å². The molecule has 0 radical (unpaired) electrons. The van der Waals surface area contributed by atoms with Gasteiger partial charge in [0.25, 0.3) is 5.91 Å². The second-order valence-corrected chi connectivity index (χ2v) is 4.94. The minimum absolute atomic E-state index is 0.0676. The molecule has 112 valence electrons. The molecule has 2 N–H and O–H groups in total. The molecule has 0 aromatic heterocycles. The van der Waals surface area contributed by atoms with E-state index in [0.29, 0.717) is 11.3 Å². The average molecular weight is 283 g/mol. The summed E-state index contributed by atoms with van der Waals surface area (Å²) in [6, 6.07) is 3.93. The summed E-state index contributed by atoms with van der Waals surface area (Å²) in [6.45, 7) is 7.02. The number of ether oxygens (including phenoxy) is 1. The van der Waals surface area contributed by atoms with Gasteiger partial charge in [-0.2, -0.15) is 0 Å². The summed E-state index contributed by atoms with van der Waals surface area (Å²) in [5.74, 6) is -0.377. The Balaban J connectivity index is 2.80. The molecule has 0 aliphatic carbocycles. The topological polar surface area (TPSA) is 58.6 Å². The van der Waals surface area contributed by atoms with Crippen molar-refractivity contribution in [3.63, 3.8) is 0 Å². The number of hydrogen-bond donors (Lipinski definition) is 2. The van der Waals surface area contributed by atoms with Crippen LogP contribution >= 0.6 is 0 Å². The van der Waals surface area contributed by atoms with E-state index < -0.39 is 18.0 Å². The number of nitrogens with one attached hydrogen (secondary N) is 1. The summed E-state index contributed by atoms with van der Waals surface area (Å²) in [6.07, 6.45) is -0.758. The van der Waals surface area contributed by atoms with Crippen LogP contribution in [0.2, 0.25) is 0 Å². The fourth-order valence-electron chi connectivity index (χ4n) is 1.66. The third-order valence-corrected chi connectivity index (χ3v) is 3.10. The van der Waals surface area contributed by atoms with Crippen molar-refractivity contribution in [3.8, 4) is 5.75 Å². The van der Waals surface area contributed by atoms with Gasteiger partial charge in [-0.05, 0) is 45.4 Å². The highest BCUT2D eigenvalue weighted by Gasteiger charge is 2.19. The van der Waals surface area contributed by atoms with E-state index in [2.05, 4.69) is 5.32 Å². The van der Waals surface area contributed by atoms with Gasteiger partial charge in [-0.15, -0.1) is 0 Å². The molecule has 1 aromatic carbocycles. The second kappa shape index (κ2) is 7.24. The Morgan fingerprint density at radius 3 is 2.60 bits per heavy atom. The lowest BCUT2D eigenvalue weighted by molar-refractivity contribution is -0.127. The molecule has 0 aliphatic rings. The maximum Gasteiger partial charge on any atom is 0.260 e. The van der Waals surface area contributed by atoms with Crippen LogP contribution in [-0.2, 0) is 4.79 Å². The van der Waals surface area contributed by atoms with Gasteiger partial charge >= 0.3 is 0 Å². The first-order chi connectivity index (χ1) is 9.35. The molecule has 1 aromatic rings. The Kier molecular flexibility index (Phi) is 5.95. The molecular formula is C15H22FNO3. The van der Waals surface area contributed by atoms with E-state index >= 15 is 0 Å². The van der Waals surface area contributed by atoms with Crippen molar-refractivity contribution < 1.29 is 19.0 Å². The molecule has 5 heteroatoms. The fourth-order valence-corrected chi connectivity index (χ4v) is 1.66. The first-order valence-corrected chi connectivity index (χ1v) is 6.79. The van der Waals surface area contributed by atoms with Gasteiger partial charge in [-0.3, -0.25) is 4.79 Å². The predicted octanol–water partition coefficient (Wildman–Crippen LogP) is 2.56. The van der Waals surface area contributed by atoms with Crippen molar-refractivity contribution in [2.45, 2.75) is 52.4 Å². The number of carbonyl (C=O) groups is 1. The smallest absolute Gasteiger partial charge is 0.260 e. The molecule has 20 heavy (non-hydrogen) atoms. The SMILES string of the molecule is CCC(C)NC(=O)C(C)Oc1ccc(F)cc1[C@H](C)O. The van der Waals surface area contributed by atoms with E-state index in [1.165, 1.54) is 25.1 Å². The minimum atomic E-state index is -0.870. The average Bonchev–Trinajstić information content (AvgIpc) is 2.40. The van der Waals surface area contributed by atoms with Crippen LogP contribution in [0.4, 0.5) is 4.39 Å². The predicted molar refractivity (Wildman–Crippen MR) is 75.0 cm³/mol. The van der Waals surface area contributed by atoms with Crippen molar-refractivity contribution in [1.82, 2.24) is 5.32 Å². The first kappa shape index (κ1) is 16.4. The Hall–Kier alpha value is -1.62. The molecule has 0 bridgehead atoms. The van der Waals surface area contributed by atoms with E-state index in [0.717, 1.165) is 6.42 Å². The first-order valence-electron chi connectivity index (χ1n) is 6.79. The van der Waals surface area contributed by atoms with Gasteiger partial charge in [0.2, 0.25) is 0 Å². The highest BCUT2D eigenvalue weighted by atomic mass is 19.1. The zero-order valence-corrected chi connectivity index (χ0v) is 12.3. The van der Waals surface area contributed by atoms with Gasteiger partial charge < -0.3 is 15.2 Å². The lowest BCUT2D eigenvalue weighted by Crippen LogP contribution is -2.41. The van der Waals surface area contributed by atoms with Crippen molar-refractivity contribution in [2.75, 3.05) is 0 Å². The molecule has 0 saturated heterocycles. The molecule has 4 nitrogen and oxygen atoms in total. The normalized spacial score (nSPS) is 15.3. The quantitative estimate of drug-likeness (QED) is 0.843. The van der Waals surface area contributed by atoms with Crippen molar-refractivity contribution >= 4 is 5.91 Å². The van der Waals surface area contributed by atoms with E-state index in [9.17, 15) is 14.3 Å². The number of carbonyl (C=O) groups excluding carboxylic acids is 1. The largest absolute Gasteiger partial charge is 0.481 e. The lowest BCUT2D eigenvalue weighted by atomic mass is 10.1. The number of amides is 1. The fraction of sp³-hybridized carbons (Fsp3) is 0.533. The maximum absolute atomic E-state index is 13.2. The van der Waals surface area contributed by atoms with Crippen molar-refractivity contribution in [2.24, 2.45) is 0 Å². The highest BCUT2D eigenvalue weighted by molar-refractivity contribution is 5.81. The van der Waals surface area contributed by atoms with E-state index in [1.54, 1.807) is 6.92 Å². The number of hydrogen-bond acceptors (Lipinski definition) is 3. The highest BCUT2D eigenvalue weighted by Crippen LogP contribution is 2.26.